The van der Waals surface area contributed by atoms with Gasteiger partial charge in [0.05, 0.1) is 11.4 Å². The quantitative estimate of drug-likeness (QED) is 0.801. The summed E-state index contributed by atoms with van der Waals surface area (Å²) in [6, 6.07) is 5.02. The molecule has 0 spiro atoms. The summed E-state index contributed by atoms with van der Waals surface area (Å²) in [5.41, 5.74) is 3.58. The molecule has 3 rings (SSSR count). The molecule has 2 aliphatic rings. The molecule has 0 aromatic heterocycles. The highest BCUT2D eigenvalue weighted by molar-refractivity contribution is 7.89. The Morgan fingerprint density at radius 3 is 2.05 bits per heavy atom. The second kappa shape index (κ2) is 6.91. The molecule has 1 unspecified atom stereocenters. The summed E-state index contributed by atoms with van der Waals surface area (Å²) in [5.74, 6) is 0. The molecule has 1 atom stereocenters. The van der Waals surface area contributed by atoms with Crippen molar-refractivity contribution in [2.24, 2.45) is 0 Å². The fourth-order valence-electron chi connectivity index (χ4n) is 4.05. The first-order valence-corrected chi connectivity index (χ1v) is 9.65. The largest absolute Gasteiger partial charge is 0.593 e. The molecule has 0 bridgehead atoms. The van der Waals surface area contributed by atoms with Crippen LogP contribution in [0.15, 0.2) is 17.0 Å². The Hall–Kier alpha value is -0.550. The number of nitrogens with zero attached hydrogens (tertiary/aromatic N) is 2. The zero-order valence-corrected chi connectivity index (χ0v) is 14.9. The first-order chi connectivity index (χ1) is 10.6. The van der Waals surface area contributed by atoms with Gasteiger partial charge in [0.2, 0.25) is 0 Å². The maximum absolute atomic E-state index is 13.0. The van der Waals surface area contributed by atoms with Gasteiger partial charge in [0.1, 0.15) is 0 Å². The third kappa shape index (κ3) is 3.35. The van der Waals surface area contributed by atoms with Gasteiger partial charge in [-0.3, -0.25) is 0 Å². The molecule has 0 N–H and O–H groups in total. The summed E-state index contributed by atoms with van der Waals surface area (Å²) in [5, 5.41) is 0. The predicted octanol–water partition coefficient (Wildman–Crippen LogP) is 3.19. The van der Waals surface area contributed by atoms with Crippen molar-refractivity contribution >= 4 is 11.4 Å². The van der Waals surface area contributed by atoms with Crippen LogP contribution in [0.25, 0.3) is 0 Å². The maximum Gasteiger partial charge on any atom is 0.179 e. The molecule has 0 amide bonds. The molecule has 0 saturated carbocycles. The molecule has 0 aliphatic carbocycles. The Labute approximate surface area is 138 Å². The molecule has 0 radical (unpaired) electrons. The minimum absolute atomic E-state index is 0.718. The summed E-state index contributed by atoms with van der Waals surface area (Å²) in [7, 11) is 0. The van der Waals surface area contributed by atoms with Gasteiger partial charge in [-0.2, -0.15) is 0 Å². The van der Waals surface area contributed by atoms with Crippen LogP contribution in [-0.4, -0.2) is 46.0 Å². The van der Waals surface area contributed by atoms with Crippen LogP contribution >= 0.6 is 0 Å². The number of likely N-dealkylation sites (tertiary alicyclic amines) is 1. The molecular formula is C18H28N2OS. The molecule has 1 aromatic rings. The van der Waals surface area contributed by atoms with Crippen molar-refractivity contribution in [1.29, 1.82) is 0 Å². The van der Waals surface area contributed by atoms with E-state index in [0.29, 0.717) is 0 Å². The van der Waals surface area contributed by atoms with Crippen LogP contribution in [0.5, 0.6) is 0 Å². The number of hydrogen-bond acceptors (Lipinski definition) is 3. The highest BCUT2D eigenvalue weighted by Crippen LogP contribution is 2.29. The van der Waals surface area contributed by atoms with Crippen LogP contribution in [0, 0.1) is 20.8 Å². The maximum atomic E-state index is 13.0. The van der Waals surface area contributed by atoms with Gasteiger partial charge in [-0.25, -0.2) is 0 Å². The van der Waals surface area contributed by atoms with Crippen molar-refractivity contribution in [3.63, 3.8) is 0 Å². The van der Waals surface area contributed by atoms with E-state index in [1.165, 1.54) is 31.5 Å². The first-order valence-electron chi connectivity index (χ1n) is 8.55. The van der Waals surface area contributed by atoms with E-state index in [-0.39, 0.29) is 0 Å². The molecule has 22 heavy (non-hydrogen) atoms. The molecule has 2 fully saturated rings. The van der Waals surface area contributed by atoms with Gasteiger partial charge >= 0.3 is 0 Å². The minimum Gasteiger partial charge on any atom is -0.593 e. The van der Waals surface area contributed by atoms with Crippen LogP contribution < -0.4 is 0 Å². The van der Waals surface area contributed by atoms with Crippen molar-refractivity contribution in [2.75, 3.05) is 26.2 Å². The average molecular weight is 321 g/mol. The Bertz CT molecular complexity index is 497. The van der Waals surface area contributed by atoms with Crippen molar-refractivity contribution < 1.29 is 4.55 Å². The van der Waals surface area contributed by atoms with Crippen LogP contribution in [0.2, 0.25) is 0 Å². The standard InChI is InChI=1S/C18H28N2OS/c1-14-12-15(2)18(16(3)13-14)22(21)20-10-6-17(7-11-20)19-8-4-5-9-19/h12-13,17H,4-11H2,1-3H3. The Kier molecular flexibility index (Phi) is 5.13. The number of hydrogen-bond donors (Lipinski definition) is 0. The summed E-state index contributed by atoms with van der Waals surface area (Å²) in [6.45, 7) is 10.7. The fourth-order valence-corrected chi connectivity index (χ4v) is 5.52. The van der Waals surface area contributed by atoms with E-state index in [0.717, 1.165) is 48.0 Å². The second-order valence-electron chi connectivity index (χ2n) is 6.88. The monoisotopic (exact) mass is 320 g/mol. The van der Waals surface area contributed by atoms with Crippen LogP contribution in [0.1, 0.15) is 42.4 Å². The Morgan fingerprint density at radius 2 is 1.50 bits per heavy atom. The van der Waals surface area contributed by atoms with Crippen molar-refractivity contribution in [2.45, 2.75) is 57.4 Å². The topological polar surface area (TPSA) is 29.5 Å². The van der Waals surface area contributed by atoms with E-state index in [2.05, 4.69) is 42.1 Å². The molecule has 122 valence electrons. The predicted molar refractivity (Wildman–Crippen MR) is 92.5 cm³/mol. The van der Waals surface area contributed by atoms with Gasteiger partial charge in [-0.1, -0.05) is 17.7 Å². The SMILES string of the molecule is Cc1cc(C)c([S+]([O-])N2CCC(N3CCCC3)CC2)c(C)c1. The number of aryl methyl sites for hydroxylation is 3. The first kappa shape index (κ1) is 16.3. The lowest BCUT2D eigenvalue weighted by molar-refractivity contribution is 0.168. The number of piperidine rings is 1. The van der Waals surface area contributed by atoms with Crippen molar-refractivity contribution in [1.82, 2.24) is 9.21 Å². The second-order valence-corrected chi connectivity index (χ2v) is 8.30. The molecule has 2 aliphatic heterocycles. The summed E-state index contributed by atoms with van der Waals surface area (Å²) >= 11 is -1.00. The van der Waals surface area contributed by atoms with E-state index in [9.17, 15) is 4.55 Å². The lowest BCUT2D eigenvalue weighted by Crippen LogP contribution is -2.46. The number of benzene rings is 1. The van der Waals surface area contributed by atoms with Crippen LogP contribution in [0.3, 0.4) is 0 Å². The molecular weight excluding hydrogens is 292 g/mol. The fraction of sp³-hybridized carbons (Fsp3) is 0.667. The Morgan fingerprint density at radius 1 is 0.955 bits per heavy atom. The number of rotatable bonds is 3. The highest BCUT2D eigenvalue weighted by Gasteiger charge is 2.33. The summed E-state index contributed by atoms with van der Waals surface area (Å²) < 4.78 is 15.2. The third-order valence-electron chi connectivity index (χ3n) is 5.09. The van der Waals surface area contributed by atoms with Gasteiger partial charge in [0.15, 0.2) is 4.90 Å². The van der Waals surface area contributed by atoms with Crippen molar-refractivity contribution in [3.8, 4) is 0 Å². The van der Waals surface area contributed by atoms with Gasteiger partial charge in [0.25, 0.3) is 0 Å². The van der Waals surface area contributed by atoms with Gasteiger partial charge in [-0.05, 0) is 59.5 Å². The smallest absolute Gasteiger partial charge is 0.179 e. The highest BCUT2D eigenvalue weighted by atomic mass is 32.2. The van der Waals surface area contributed by atoms with Crippen LogP contribution in [-0.2, 0) is 11.4 Å². The van der Waals surface area contributed by atoms with Crippen LogP contribution in [0.4, 0.5) is 0 Å². The van der Waals surface area contributed by atoms with Gasteiger partial charge in [-0.15, -0.1) is 4.31 Å². The summed E-state index contributed by atoms with van der Waals surface area (Å²) in [6.07, 6.45) is 5.03. The molecule has 1 aromatic carbocycles. The van der Waals surface area contributed by atoms with E-state index in [4.69, 9.17) is 0 Å². The molecule has 2 heterocycles. The molecule has 2 saturated heterocycles. The lowest BCUT2D eigenvalue weighted by atomic mass is 10.1. The van der Waals surface area contributed by atoms with E-state index in [1.54, 1.807) is 0 Å². The Balaban J connectivity index is 1.66. The summed E-state index contributed by atoms with van der Waals surface area (Å²) in [4.78, 5) is 3.67. The molecule has 3 nitrogen and oxygen atoms in total. The van der Waals surface area contributed by atoms with E-state index in [1.807, 2.05) is 0 Å². The zero-order chi connectivity index (χ0) is 15.7. The van der Waals surface area contributed by atoms with Crippen molar-refractivity contribution in [3.05, 3.63) is 28.8 Å². The van der Waals surface area contributed by atoms with Gasteiger partial charge in [0, 0.05) is 30.3 Å². The minimum atomic E-state index is -1.00. The average Bonchev–Trinajstić information content (AvgIpc) is 3.00. The van der Waals surface area contributed by atoms with E-state index < -0.39 is 11.4 Å². The normalized spacial score (nSPS) is 23.1. The lowest BCUT2D eigenvalue weighted by Gasteiger charge is -2.36. The zero-order valence-electron chi connectivity index (χ0n) is 14.1. The van der Waals surface area contributed by atoms with E-state index >= 15 is 0 Å². The van der Waals surface area contributed by atoms with Gasteiger partial charge < -0.3 is 9.45 Å². The molecule has 4 heteroatoms. The third-order valence-corrected chi connectivity index (χ3v) is 6.92.